The Morgan fingerprint density at radius 2 is 2.17 bits per heavy atom. The quantitative estimate of drug-likeness (QED) is 0.847. The first kappa shape index (κ1) is 15.7. The van der Waals surface area contributed by atoms with Crippen LogP contribution in [0, 0.1) is 0 Å². The Kier molecular flexibility index (Phi) is 4.45. The molecule has 0 aromatic carbocycles. The van der Waals surface area contributed by atoms with Gasteiger partial charge >= 0.3 is 7.12 Å². The van der Waals surface area contributed by atoms with Gasteiger partial charge in [-0.05, 0) is 37.8 Å². The Labute approximate surface area is 135 Å². The van der Waals surface area contributed by atoms with Crippen LogP contribution in [0.5, 0.6) is 0 Å². The fourth-order valence-corrected chi connectivity index (χ4v) is 2.82. The van der Waals surface area contributed by atoms with Crippen molar-refractivity contribution >= 4 is 35.6 Å². The molecule has 5 nitrogen and oxygen atoms in total. The number of hydrogen-bond donors (Lipinski definition) is 2. The van der Waals surface area contributed by atoms with E-state index in [-0.39, 0.29) is 5.72 Å². The Bertz CT molecular complexity index is 819. The molecule has 0 unspecified atom stereocenters. The molecule has 2 N–H and O–H groups in total. The smallest absolute Gasteiger partial charge is 0.452 e. The number of aromatic nitrogens is 2. The molecule has 1 aliphatic carbocycles. The summed E-state index contributed by atoms with van der Waals surface area (Å²) in [7, 11) is -1.71. The molecule has 0 atom stereocenters. The van der Waals surface area contributed by atoms with Crippen LogP contribution in [-0.4, -0.2) is 27.1 Å². The van der Waals surface area contributed by atoms with Crippen LogP contribution in [0.15, 0.2) is 28.7 Å². The number of aryl methyl sites for hydroxylation is 1. The van der Waals surface area contributed by atoms with Gasteiger partial charge in [0.2, 0.25) is 0 Å². The highest BCUT2D eigenvalue weighted by Crippen LogP contribution is 2.32. The monoisotopic (exact) mass is 310 g/mol. The maximum atomic E-state index is 9.53. The third kappa shape index (κ3) is 2.87. The average Bonchev–Trinajstić information content (AvgIpc) is 2.92. The van der Waals surface area contributed by atoms with E-state index in [9.17, 15) is 10.0 Å². The van der Waals surface area contributed by atoms with Crippen molar-refractivity contribution in [1.29, 1.82) is 0 Å². The highest BCUT2D eigenvalue weighted by Gasteiger charge is 2.24. The van der Waals surface area contributed by atoms with Gasteiger partial charge in [0.1, 0.15) is 17.0 Å². The van der Waals surface area contributed by atoms with Crippen LogP contribution in [0.2, 0.25) is 0 Å². The van der Waals surface area contributed by atoms with Crippen LogP contribution < -0.4 is 5.72 Å². The molecule has 0 saturated heterocycles. The lowest BCUT2D eigenvalue weighted by molar-refractivity contribution is 0.422. The second-order valence-corrected chi connectivity index (χ2v) is 5.44. The van der Waals surface area contributed by atoms with Gasteiger partial charge in [-0.3, -0.25) is 0 Å². The lowest BCUT2D eigenvalue weighted by atomic mass is 9.89. The number of allylic oxidation sites excluding steroid dienone is 5. The Balaban J connectivity index is 2.32. The number of fused-ring (bicyclic) bond motifs is 1. The fraction of sp³-hybridized carbons (Fsp3) is 0.294. The molecule has 0 amide bonds. The predicted molar refractivity (Wildman–Crippen MR) is 92.1 cm³/mol. The standard InChI is InChI=1S/C17H19BN2O3/c1-3-8-13-12(4-2)15-16(23-13)14(11-9-6-5-7-10-11)19-17(20-15)18(21)22/h3,5-6,8-9,21-22H,4,7,10H2,1-2H3/b8-3-. The van der Waals surface area contributed by atoms with Crippen LogP contribution in [0.25, 0.3) is 22.7 Å². The SMILES string of the molecule is C/C=C\c1oc2c(C3=CC=CCC3)nc(B(O)O)nc2c1CC. The fourth-order valence-electron chi connectivity index (χ4n) is 2.82. The molecule has 2 heterocycles. The van der Waals surface area contributed by atoms with Gasteiger partial charge in [0, 0.05) is 5.56 Å². The zero-order chi connectivity index (χ0) is 16.4. The lowest BCUT2D eigenvalue weighted by Gasteiger charge is -2.10. The van der Waals surface area contributed by atoms with E-state index in [1.807, 2.05) is 38.2 Å². The molecule has 0 spiro atoms. The summed E-state index contributed by atoms with van der Waals surface area (Å²) < 4.78 is 6.01. The molecular formula is C17H19BN2O3. The molecule has 0 saturated carbocycles. The summed E-state index contributed by atoms with van der Waals surface area (Å²) in [5.74, 6) is 0.747. The van der Waals surface area contributed by atoms with Gasteiger partial charge in [-0.25, -0.2) is 9.97 Å². The summed E-state index contributed by atoms with van der Waals surface area (Å²) in [4.78, 5) is 8.66. The molecule has 0 aliphatic heterocycles. The van der Waals surface area contributed by atoms with Gasteiger partial charge in [0.05, 0.1) is 0 Å². The van der Waals surface area contributed by atoms with Crippen LogP contribution in [0.4, 0.5) is 0 Å². The molecular weight excluding hydrogens is 291 g/mol. The second-order valence-electron chi connectivity index (χ2n) is 5.44. The summed E-state index contributed by atoms with van der Waals surface area (Å²) >= 11 is 0. The third-order valence-electron chi connectivity index (χ3n) is 3.90. The van der Waals surface area contributed by atoms with E-state index < -0.39 is 7.12 Å². The summed E-state index contributed by atoms with van der Waals surface area (Å²) in [6.07, 6.45) is 12.4. The van der Waals surface area contributed by atoms with E-state index in [4.69, 9.17) is 4.42 Å². The molecule has 23 heavy (non-hydrogen) atoms. The molecule has 2 aromatic heterocycles. The van der Waals surface area contributed by atoms with Crippen molar-refractivity contribution in [2.24, 2.45) is 0 Å². The maximum absolute atomic E-state index is 9.53. The zero-order valence-electron chi connectivity index (χ0n) is 13.3. The van der Waals surface area contributed by atoms with Crippen molar-refractivity contribution < 1.29 is 14.5 Å². The van der Waals surface area contributed by atoms with Gasteiger partial charge in [0.15, 0.2) is 11.3 Å². The number of rotatable bonds is 4. The van der Waals surface area contributed by atoms with Crippen LogP contribution >= 0.6 is 0 Å². The minimum absolute atomic E-state index is 0.00508. The Morgan fingerprint density at radius 1 is 1.35 bits per heavy atom. The molecule has 0 bridgehead atoms. The Morgan fingerprint density at radius 3 is 2.78 bits per heavy atom. The van der Waals surface area contributed by atoms with Gasteiger partial charge in [-0.1, -0.05) is 31.2 Å². The van der Waals surface area contributed by atoms with Crippen molar-refractivity contribution in [1.82, 2.24) is 9.97 Å². The normalized spacial score (nSPS) is 14.7. The van der Waals surface area contributed by atoms with E-state index in [1.165, 1.54) is 0 Å². The summed E-state index contributed by atoms with van der Waals surface area (Å²) in [6, 6.07) is 0. The minimum atomic E-state index is -1.71. The molecule has 0 fully saturated rings. The third-order valence-corrected chi connectivity index (χ3v) is 3.90. The van der Waals surface area contributed by atoms with E-state index in [1.54, 1.807) is 0 Å². The van der Waals surface area contributed by atoms with E-state index >= 15 is 0 Å². The number of furan rings is 1. The van der Waals surface area contributed by atoms with Gasteiger partial charge in [0.25, 0.3) is 0 Å². The maximum Gasteiger partial charge on any atom is 0.528 e. The lowest BCUT2D eigenvalue weighted by Crippen LogP contribution is -2.36. The second kappa shape index (κ2) is 6.52. The Hall–Kier alpha value is -2.18. The highest BCUT2D eigenvalue weighted by molar-refractivity contribution is 6.56. The van der Waals surface area contributed by atoms with Crippen LogP contribution in [0.3, 0.4) is 0 Å². The average molecular weight is 310 g/mol. The van der Waals surface area contributed by atoms with Crippen LogP contribution in [0.1, 0.15) is 43.7 Å². The summed E-state index contributed by atoms with van der Waals surface area (Å²) in [5, 5.41) is 19.1. The molecule has 2 aromatic rings. The topological polar surface area (TPSA) is 79.4 Å². The van der Waals surface area contributed by atoms with Crippen LogP contribution in [-0.2, 0) is 6.42 Å². The van der Waals surface area contributed by atoms with Crippen molar-refractivity contribution in [3.8, 4) is 0 Å². The van der Waals surface area contributed by atoms with Gasteiger partial charge in [-0.2, -0.15) is 0 Å². The van der Waals surface area contributed by atoms with E-state index in [2.05, 4.69) is 16.0 Å². The predicted octanol–water partition coefficient (Wildman–Crippen LogP) is 2.23. The van der Waals surface area contributed by atoms with E-state index in [0.717, 1.165) is 36.2 Å². The van der Waals surface area contributed by atoms with E-state index in [0.29, 0.717) is 16.8 Å². The largest absolute Gasteiger partial charge is 0.528 e. The van der Waals surface area contributed by atoms with Gasteiger partial charge in [-0.15, -0.1) is 0 Å². The molecule has 0 radical (unpaired) electrons. The van der Waals surface area contributed by atoms with Crippen molar-refractivity contribution in [3.63, 3.8) is 0 Å². The summed E-state index contributed by atoms with van der Waals surface area (Å²) in [5.41, 5.74) is 3.89. The first-order valence-corrected chi connectivity index (χ1v) is 7.83. The van der Waals surface area contributed by atoms with Crippen molar-refractivity contribution in [2.75, 3.05) is 0 Å². The number of hydrogen-bond acceptors (Lipinski definition) is 5. The van der Waals surface area contributed by atoms with Gasteiger partial charge < -0.3 is 14.5 Å². The molecule has 118 valence electrons. The zero-order valence-corrected chi connectivity index (χ0v) is 13.3. The minimum Gasteiger partial charge on any atom is -0.452 e. The highest BCUT2D eigenvalue weighted by atomic mass is 16.4. The first-order valence-electron chi connectivity index (χ1n) is 7.83. The molecule has 3 rings (SSSR count). The van der Waals surface area contributed by atoms with Crippen molar-refractivity contribution in [3.05, 3.63) is 41.3 Å². The summed E-state index contributed by atoms with van der Waals surface area (Å²) in [6.45, 7) is 3.95. The number of nitrogens with zero attached hydrogens (tertiary/aromatic N) is 2. The first-order chi connectivity index (χ1) is 11.2. The van der Waals surface area contributed by atoms with Crippen molar-refractivity contribution in [2.45, 2.75) is 33.1 Å². The molecule has 1 aliphatic rings. The molecule has 6 heteroatoms.